The van der Waals surface area contributed by atoms with Gasteiger partial charge in [0.1, 0.15) is 6.61 Å². The molecule has 3 aliphatic heterocycles. The molecule has 0 aliphatic carbocycles. The first-order chi connectivity index (χ1) is 35.0. The van der Waals surface area contributed by atoms with Crippen molar-refractivity contribution in [1.29, 1.82) is 0 Å². The van der Waals surface area contributed by atoms with E-state index in [9.17, 15) is 14.4 Å². The number of allylic oxidation sites excluding steroid dienone is 2. The molecule has 3 N–H and O–H groups in total. The van der Waals surface area contributed by atoms with Crippen molar-refractivity contribution in [3.63, 3.8) is 0 Å². The molecule has 1 amide bonds. The van der Waals surface area contributed by atoms with Crippen molar-refractivity contribution in [2.45, 2.75) is 165 Å². The van der Waals surface area contributed by atoms with Crippen LogP contribution in [0.1, 0.15) is 188 Å². The minimum absolute atomic E-state index is 0.143. The van der Waals surface area contributed by atoms with Gasteiger partial charge in [0.25, 0.3) is 5.91 Å². The maximum Gasteiger partial charge on any atom is 0.310 e. The van der Waals surface area contributed by atoms with Crippen LogP contribution in [0.15, 0.2) is 36.4 Å². The highest BCUT2D eigenvalue weighted by Gasteiger charge is 2.36. The predicted octanol–water partition coefficient (Wildman–Crippen LogP) is 12.8. The zero-order valence-electron chi connectivity index (χ0n) is 46.4. The molecule has 12 heteroatoms. The average molecular weight is 1000 g/mol. The first kappa shape index (κ1) is 57.0. The van der Waals surface area contributed by atoms with E-state index < -0.39 is 5.97 Å². The van der Waals surface area contributed by atoms with Crippen molar-refractivity contribution in [3.05, 3.63) is 87.0 Å². The van der Waals surface area contributed by atoms with Crippen LogP contribution in [-0.4, -0.2) is 95.8 Å². The second-order valence-electron chi connectivity index (χ2n) is 21.8. The molecule has 0 radical (unpaired) electrons. The van der Waals surface area contributed by atoms with Gasteiger partial charge in [0.05, 0.1) is 49.4 Å². The highest BCUT2D eigenvalue weighted by molar-refractivity contribution is 6.27. The number of carbonyl (C=O) groups excluding carboxylic acids is 3. The average Bonchev–Trinajstić information content (AvgIpc) is 4.05. The van der Waals surface area contributed by atoms with Crippen LogP contribution < -0.4 is 5.32 Å². The number of aromatic amines is 2. The number of H-pyrrole nitrogens is 2. The van der Waals surface area contributed by atoms with Crippen molar-refractivity contribution < 1.29 is 28.6 Å². The summed E-state index contributed by atoms with van der Waals surface area (Å²) >= 11 is 0. The first-order valence-corrected chi connectivity index (χ1v) is 27.6. The molecule has 8 bridgehead atoms. The number of rotatable bonds is 25. The Morgan fingerprint density at radius 1 is 0.863 bits per heavy atom. The number of aromatic nitrogens is 4. The Balaban J connectivity index is 1.30. The Kier molecular flexibility index (Phi) is 21.3. The van der Waals surface area contributed by atoms with E-state index in [1.165, 1.54) is 57.6 Å². The number of carbonyl (C=O) groups is 3. The fourth-order valence-electron chi connectivity index (χ4n) is 11.0. The molecule has 6 rings (SSSR count). The Labute approximate surface area is 436 Å². The van der Waals surface area contributed by atoms with E-state index in [1.54, 1.807) is 0 Å². The number of ether oxygens (including phenoxy) is 3. The summed E-state index contributed by atoms with van der Waals surface area (Å²) in [5, 5.41) is 3.19. The second kappa shape index (κ2) is 27.3. The van der Waals surface area contributed by atoms with Crippen molar-refractivity contribution in [3.8, 4) is 0 Å². The summed E-state index contributed by atoms with van der Waals surface area (Å²) in [7, 11) is 1.37. The van der Waals surface area contributed by atoms with E-state index in [0.717, 1.165) is 94.2 Å². The minimum atomic E-state index is -0.483. The Morgan fingerprint density at radius 2 is 1.53 bits per heavy atom. The van der Waals surface area contributed by atoms with Crippen LogP contribution in [0.5, 0.6) is 0 Å². The molecule has 4 unspecified atom stereocenters. The number of nitrogens with zero attached hydrogens (tertiary/aromatic N) is 3. The monoisotopic (exact) mass is 1000 g/mol. The van der Waals surface area contributed by atoms with Gasteiger partial charge < -0.3 is 29.5 Å². The van der Waals surface area contributed by atoms with E-state index in [0.29, 0.717) is 72.4 Å². The van der Waals surface area contributed by atoms with Crippen molar-refractivity contribution in [2.75, 3.05) is 53.1 Å². The number of amides is 1. The summed E-state index contributed by atoms with van der Waals surface area (Å²) in [6, 6.07) is 6.22. The van der Waals surface area contributed by atoms with E-state index in [4.69, 9.17) is 24.2 Å². The maximum absolute atomic E-state index is 14.7. The molecule has 3 aromatic rings. The molecule has 1 fully saturated rings. The van der Waals surface area contributed by atoms with Crippen molar-refractivity contribution >= 4 is 57.1 Å². The third-order valence-electron chi connectivity index (χ3n) is 15.8. The lowest BCUT2D eigenvalue weighted by Crippen LogP contribution is -2.41. The SMILES string of the molecule is C=Cc1c(C)c2cc3nc(c(CC(=O)OC)c4nc(cc5[nH]c(cc1[nH]2)c(C)c5CC)C(C)=C4C(=O)NCCN1CCOCC1)C(CCC(=O)OCC=C(C)CCCC(C)CCCC(C)CCCC(C)C)C3C. The fourth-order valence-corrected chi connectivity index (χ4v) is 11.0. The minimum Gasteiger partial charge on any atom is -0.469 e. The Hall–Kier alpha value is -5.33. The largest absolute Gasteiger partial charge is 0.469 e. The topological polar surface area (TPSA) is 152 Å². The molecule has 6 heterocycles. The zero-order chi connectivity index (χ0) is 52.8. The van der Waals surface area contributed by atoms with Crippen LogP contribution in [-0.2, 0) is 41.4 Å². The summed E-state index contributed by atoms with van der Waals surface area (Å²) in [5.74, 6) is 0.761. The van der Waals surface area contributed by atoms with Gasteiger partial charge >= 0.3 is 11.9 Å². The Bertz CT molecular complexity index is 2650. The standard InChI is InChI=1S/C61H88N6O6/c1-13-46-42(8)50-35-52-44(10)48(24-25-56(68)73-31-26-41(7)23-17-22-40(6)21-16-20-39(5)19-15-18-38(3)4)59(65-52)49(34-57(69)71-12)60-58(61(70)62-27-28-67-29-32-72-33-30-67)45(11)53(66-60)37-55-47(14-2)43(9)51(64-55)36-54(46)63-50/h13,26,35-40,44,48,63-64H,1,14-25,27-34H2,2-12H3,(H,62,70). The number of morpholine rings is 1. The van der Waals surface area contributed by atoms with E-state index in [1.807, 2.05) is 25.1 Å². The Morgan fingerprint density at radius 3 is 2.21 bits per heavy atom. The zero-order valence-corrected chi connectivity index (χ0v) is 46.4. The molecular formula is C61H88N6O6. The third kappa shape index (κ3) is 15.1. The summed E-state index contributed by atoms with van der Waals surface area (Å²) in [6.07, 6.45) is 16.3. The van der Waals surface area contributed by atoms with Gasteiger partial charge in [0.15, 0.2) is 0 Å². The molecule has 0 spiro atoms. The summed E-state index contributed by atoms with van der Waals surface area (Å²) in [4.78, 5) is 62.2. The molecule has 73 heavy (non-hydrogen) atoms. The molecule has 4 atom stereocenters. The molecule has 3 aromatic heterocycles. The highest BCUT2D eigenvalue weighted by Crippen LogP contribution is 2.44. The molecule has 1 saturated heterocycles. The molecule has 0 aromatic carbocycles. The number of esters is 2. The number of methoxy groups -OCH3 is 1. The normalized spacial score (nSPS) is 17.2. The lowest BCUT2D eigenvalue weighted by Gasteiger charge is -2.26. The number of fused-ring (bicyclic) bond motifs is 8. The molecule has 0 saturated carbocycles. The van der Waals surface area contributed by atoms with E-state index in [2.05, 4.69) is 101 Å². The summed E-state index contributed by atoms with van der Waals surface area (Å²) in [6.45, 7) is 30.4. The summed E-state index contributed by atoms with van der Waals surface area (Å²) < 4.78 is 16.8. The third-order valence-corrected chi connectivity index (χ3v) is 15.8. The van der Waals surface area contributed by atoms with Crippen LogP contribution in [0.3, 0.4) is 0 Å². The summed E-state index contributed by atoms with van der Waals surface area (Å²) in [5.41, 5.74) is 13.2. The van der Waals surface area contributed by atoms with Gasteiger partial charge in [-0.3, -0.25) is 24.3 Å². The van der Waals surface area contributed by atoms with Gasteiger partial charge in [-0.15, -0.1) is 0 Å². The maximum atomic E-state index is 14.7. The van der Waals surface area contributed by atoms with Crippen molar-refractivity contribution in [1.82, 2.24) is 30.2 Å². The molecule has 3 aliphatic rings. The van der Waals surface area contributed by atoms with E-state index in [-0.39, 0.29) is 43.2 Å². The van der Waals surface area contributed by atoms with Gasteiger partial charge in [0.2, 0.25) is 0 Å². The number of nitrogens with one attached hydrogen (secondary N) is 3. The van der Waals surface area contributed by atoms with Gasteiger partial charge in [0, 0.05) is 83.3 Å². The van der Waals surface area contributed by atoms with Crippen LogP contribution >= 0.6 is 0 Å². The number of aryl methyl sites for hydroxylation is 3. The number of hydrogen-bond acceptors (Lipinski definition) is 9. The van der Waals surface area contributed by atoms with Gasteiger partial charge in [-0.05, 0) is 118 Å². The van der Waals surface area contributed by atoms with Crippen LogP contribution in [0.25, 0.3) is 39.3 Å². The smallest absolute Gasteiger partial charge is 0.310 e. The van der Waals surface area contributed by atoms with Crippen molar-refractivity contribution in [2.24, 2.45) is 17.8 Å². The molecular weight excluding hydrogens is 913 g/mol. The van der Waals surface area contributed by atoms with Crippen LogP contribution in [0.2, 0.25) is 0 Å². The first-order valence-electron chi connectivity index (χ1n) is 27.6. The van der Waals surface area contributed by atoms with Gasteiger partial charge in [-0.2, -0.15) is 0 Å². The second-order valence-corrected chi connectivity index (χ2v) is 21.8. The van der Waals surface area contributed by atoms with E-state index >= 15 is 0 Å². The molecule has 398 valence electrons. The lowest BCUT2D eigenvalue weighted by atomic mass is 9.84. The van der Waals surface area contributed by atoms with Crippen LogP contribution in [0.4, 0.5) is 0 Å². The fraction of sp³-hybridized carbons (Fsp3) is 0.590. The van der Waals surface area contributed by atoms with Gasteiger partial charge in [-0.25, -0.2) is 4.98 Å². The van der Waals surface area contributed by atoms with Crippen LogP contribution in [0, 0.1) is 31.6 Å². The number of hydrogen-bond donors (Lipinski definition) is 3. The highest BCUT2D eigenvalue weighted by atomic mass is 16.5. The molecule has 12 nitrogen and oxygen atoms in total. The quantitative estimate of drug-likeness (QED) is 0.0556. The lowest BCUT2D eigenvalue weighted by molar-refractivity contribution is -0.143. The predicted molar refractivity (Wildman–Crippen MR) is 298 cm³/mol. The van der Waals surface area contributed by atoms with Gasteiger partial charge in [-0.1, -0.05) is 105 Å².